The third-order valence-corrected chi connectivity index (χ3v) is 6.43. The number of hydrogen-bond donors (Lipinski definition) is 3. The molecule has 0 radical (unpaired) electrons. The van der Waals surface area contributed by atoms with Crippen molar-refractivity contribution < 1.29 is 22.3 Å². The maximum Gasteiger partial charge on any atom is 0.301 e. The summed E-state index contributed by atoms with van der Waals surface area (Å²) < 4.78 is 48.0. The van der Waals surface area contributed by atoms with Gasteiger partial charge < -0.3 is 15.0 Å². The number of anilines is 2. The molecule has 2 aromatic heterocycles. The molecule has 0 spiro atoms. The number of aromatic amines is 1. The van der Waals surface area contributed by atoms with Gasteiger partial charge in [-0.1, -0.05) is 13.0 Å². The average molecular weight is 465 g/mol. The number of ether oxygens (including phenoxy) is 1. The minimum Gasteiger partial charge on any atom is -0.385 e. The largest absolute Gasteiger partial charge is 0.385 e. The number of hydrogen-bond acceptors (Lipinski definition) is 7. The van der Waals surface area contributed by atoms with Crippen LogP contribution in [0.1, 0.15) is 29.3 Å². The van der Waals surface area contributed by atoms with E-state index < -0.39 is 21.8 Å². The van der Waals surface area contributed by atoms with Crippen LogP contribution in [-0.4, -0.2) is 67.3 Å². The highest BCUT2D eigenvalue weighted by molar-refractivity contribution is 7.90. The van der Waals surface area contributed by atoms with Crippen LogP contribution in [0.5, 0.6) is 0 Å². The fourth-order valence-electron chi connectivity index (χ4n) is 3.02. The van der Waals surface area contributed by atoms with Gasteiger partial charge in [0.15, 0.2) is 11.6 Å². The minimum absolute atomic E-state index is 0.166. The first-order valence-corrected chi connectivity index (χ1v) is 11.4. The molecule has 0 unspecified atom stereocenters. The normalized spacial score (nSPS) is 11.8. The maximum atomic E-state index is 15.2. The Morgan fingerprint density at radius 2 is 2.06 bits per heavy atom. The van der Waals surface area contributed by atoms with E-state index in [-0.39, 0.29) is 23.4 Å². The van der Waals surface area contributed by atoms with E-state index in [2.05, 4.69) is 25.0 Å². The molecule has 0 saturated carbocycles. The number of fused-ring (bicyclic) bond motifs is 1. The molecule has 0 fully saturated rings. The van der Waals surface area contributed by atoms with Crippen molar-refractivity contribution in [1.29, 1.82) is 0 Å². The van der Waals surface area contributed by atoms with Crippen molar-refractivity contribution in [2.24, 2.45) is 0 Å². The summed E-state index contributed by atoms with van der Waals surface area (Å²) in [5.74, 6) is -1.17. The predicted octanol–water partition coefficient (Wildman–Crippen LogP) is 2.38. The topological polar surface area (TPSA) is 129 Å². The molecule has 0 atom stereocenters. The van der Waals surface area contributed by atoms with E-state index in [0.29, 0.717) is 30.0 Å². The third kappa shape index (κ3) is 4.87. The number of ketones is 1. The molecular weight excluding hydrogens is 439 g/mol. The van der Waals surface area contributed by atoms with Crippen molar-refractivity contribution in [1.82, 2.24) is 19.3 Å². The summed E-state index contributed by atoms with van der Waals surface area (Å²) in [6, 6.07) is 3.97. The van der Waals surface area contributed by atoms with E-state index in [0.717, 1.165) is 10.7 Å². The Hall–Kier alpha value is -3.09. The lowest BCUT2D eigenvalue weighted by Gasteiger charge is -2.17. The fraction of sp³-hybridized carbons (Fsp3) is 0.350. The van der Waals surface area contributed by atoms with E-state index in [9.17, 15) is 13.2 Å². The number of rotatable bonds is 11. The average Bonchev–Trinajstić information content (AvgIpc) is 3.22. The van der Waals surface area contributed by atoms with Crippen molar-refractivity contribution in [3.05, 3.63) is 47.7 Å². The highest BCUT2D eigenvalue weighted by atomic mass is 32.2. The summed E-state index contributed by atoms with van der Waals surface area (Å²) in [6.07, 6.45) is 3.51. The van der Waals surface area contributed by atoms with Crippen LogP contribution in [0.2, 0.25) is 0 Å². The van der Waals surface area contributed by atoms with E-state index in [1.165, 1.54) is 37.8 Å². The van der Waals surface area contributed by atoms with Gasteiger partial charge in [0.05, 0.1) is 22.2 Å². The SMILES string of the molecule is CCN(C)S(=O)(=O)Nc1cccc(C(=O)c2c[nH]c3ncnc(NCCCOC)c23)c1F. The Bertz CT molecular complexity index is 1210. The molecule has 3 rings (SSSR count). The molecular formula is C20H25FN6O4S. The van der Waals surface area contributed by atoms with Gasteiger partial charge in [0, 0.05) is 40.1 Å². The van der Waals surface area contributed by atoms with Crippen molar-refractivity contribution in [2.45, 2.75) is 13.3 Å². The molecule has 0 aliphatic carbocycles. The number of nitrogens with zero attached hydrogens (tertiary/aromatic N) is 3. The van der Waals surface area contributed by atoms with Crippen LogP contribution in [0, 0.1) is 5.82 Å². The summed E-state index contributed by atoms with van der Waals surface area (Å²) in [5, 5.41) is 3.56. The first-order valence-electron chi connectivity index (χ1n) is 9.92. The van der Waals surface area contributed by atoms with Gasteiger partial charge in [0.25, 0.3) is 0 Å². The zero-order valence-corrected chi connectivity index (χ0v) is 18.8. The van der Waals surface area contributed by atoms with Gasteiger partial charge in [0.1, 0.15) is 17.8 Å². The lowest BCUT2D eigenvalue weighted by molar-refractivity contribution is 0.103. The van der Waals surface area contributed by atoms with E-state index in [4.69, 9.17) is 4.74 Å². The first-order chi connectivity index (χ1) is 15.3. The fourth-order valence-corrected chi connectivity index (χ4v) is 3.95. The number of carbonyl (C=O) groups excluding carboxylic acids is 1. The molecule has 2 heterocycles. The molecule has 0 amide bonds. The standard InChI is InChI=1S/C20H25FN6O4S/c1-4-27(2)32(29,30)26-15-8-5-7-13(17(15)21)18(28)14-11-23-20-16(14)19(24-12-25-20)22-9-6-10-31-3/h5,7-8,11-12,26H,4,6,9-10H2,1-3H3,(H2,22,23,24,25). The van der Waals surface area contributed by atoms with Crippen molar-refractivity contribution in [3.63, 3.8) is 0 Å². The second kappa shape index (κ2) is 10.0. The van der Waals surface area contributed by atoms with Gasteiger partial charge in [-0.2, -0.15) is 12.7 Å². The van der Waals surface area contributed by atoms with Crippen LogP contribution in [0.4, 0.5) is 15.9 Å². The predicted molar refractivity (Wildman–Crippen MR) is 120 cm³/mol. The Morgan fingerprint density at radius 3 is 2.78 bits per heavy atom. The van der Waals surface area contributed by atoms with Crippen LogP contribution in [-0.2, 0) is 14.9 Å². The van der Waals surface area contributed by atoms with Crippen LogP contribution in [0.25, 0.3) is 11.0 Å². The molecule has 32 heavy (non-hydrogen) atoms. The summed E-state index contributed by atoms with van der Waals surface area (Å²) in [7, 11) is -0.984. The quantitative estimate of drug-likeness (QED) is 0.293. The third-order valence-electron chi connectivity index (χ3n) is 4.87. The Kier molecular flexibility index (Phi) is 7.38. The molecule has 0 aliphatic heterocycles. The van der Waals surface area contributed by atoms with Crippen molar-refractivity contribution in [2.75, 3.05) is 43.9 Å². The number of carbonyl (C=O) groups is 1. The van der Waals surface area contributed by atoms with Crippen LogP contribution in [0.15, 0.2) is 30.7 Å². The van der Waals surface area contributed by atoms with E-state index in [1.54, 1.807) is 14.0 Å². The van der Waals surface area contributed by atoms with Gasteiger partial charge in [-0.25, -0.2) is 14.4 Å². The second-order valence-corrected chi connectivity index (χ2v) is 8.72. The highest BCUT2D eigenvalue weighted by Crippen LogP contribution is 2.28. The monoisotopic (exact) mass is 464 g/mol. The summed E-state index contributed by atoms with van der Waals surface area (Å²) in [6.45, 7) is 2.96. The summed E-state index contributed by atoms with van der Waals surface area (Å²) in [5.41, 5.74) is -0.0107. The lowest BCUT2D eigenvalue weighted by Crippen LogP contribution is -2.32. The first kappa shape index (κ1) is 23.6. The molecule has 0 bridgehead atoms. The van der Waals surface area contributed by atoms with Crippen molar-refractivity contribution >= 4 is 38.5 Å². The number of halogens is 1. The van der Waals surface area contributed by atoms with Gasteiger partial charge in [-0.15, -0.1) is 0 Å². The van der Waals surface area contributed by atoms with Crippen molar-refractivity contribution in [3.8, 4) is 0 Å². The Balaban J connectivity index is 1.96. The Labute approximate surface area is 185 Å². The number of benzene rings is 1. The van der Waals surface area contributed by atoms with Gasteiger partial charge >= 0.3 is 10.2 Å². The second-order valence-electron chi connectivity index (χ2n) is 6.94. The van der Waals surface area contributed by atoms with Crippen LogP contribution < -0.4 is 10.0 Å². The number of methoxy groups -OCH3 is 1. The molecule has 3 N–H and O–H groups in total. The van der Waals surface area contributed by atoms with E-state index in [1.807, 2.05) is 0 Å². The highest BCUT2D eigenvalue weighted by Gasteiger charge is 2.24. The minimum atomic E-state index is -3.95. The molecule has 172 valence electrons. The molecule has 12 heteroatoms. The molecule has 3 aromatic rings. The number of nitrogens with one attached hydrogen (secondary N) is 3. The molecule has 0 aliphatic rings. The van der Waals surface area contributed by atoms with Gasteiger partial charge in [-0.3, -0.25) is 9.52 Å². The number of aromatic nitrogens is 3. The summed E-state index contributed by atoms with van der Waals surface area (Å²) in [4.78, 5) is 24.5. The zero-order valence-electron chi connectivity index (χ0n) is 18.0. The van der Waals surface area contributed by atoms with E-state index >= 15 is 4.39 Å². The smallest absolute Gasteiger partial charge is 0.301 e. The van der Waals surface area contributed by atoms with Crippen LogP contribution in [0.3, 0.4) is 0 Å². The Morgan fingerprint density at radius 1 is 1.28 bits per heavy atom. The lowest BCUT2D eigenvalue weighted by atomic mass is 10.0. The number of H-pyrrole nitrogens is 1. The van der Waals surface area contributed by atoms with Gasteiger partial charge in [0.2, 0.25) is 0 Å². The maximum absolute atomic E-state index is 15.2. The van der Waals surface area contributed by atoms with Gasteiger partial charge in [-0.05, 0) is 18.6 Å². The molecule has 0 saturated heterocycles. The molecule has 10 nitrogen and oxygen atoms in total. The summed E-state index contributed by atoms with van der Waals surface area (Å²) >= 11 is 0. The zero-order chi connectivity index (χ0) is 23.3. The molecule has 1 aromatic carbocycles. The van der Waals surface area contributed by atoms with Crippen LogP contribution >= 0.6 is 0 Å².